The number of primary amides is 1. The molecule has 2 saturated carbocycles. The van der Waals surface area contributed by atoms with Crippen LogP contribution in [-0.2, 0) is 11.3 Å². The number of nitriles is 1. The summed E-state index contributed by atoms with van der Waals surface area (Å²) in [5.41, 5.74) is 7.19. The molecule has 0 saturated heterocycles. The molecular formula is C24H26Cl2N8O. The Bertz CT molecular complexity index is 1300. The minimum atomic E-state index is -0.701. The van der Waals surface area contributed by atoms with Crippen molar-refractivity contribution in [3.05, 3.63) is 33.9 Å². The second-order valence-electron chi connectivity index (χ2n) is 9.45. The minimum absolute atomic E-state index is 0.286. The Hall–Kier alpha value is -3.09. The van der Waals surface area contributed by atoms with Gasteiger partial charge in [-0.2, -0.15) is 10.2 Å². The molecule has 2 aliphatic rings. The predicted octanol–water partition coefficient (Wildman–Crippen LogP) is 5.15. The lowest BCUT2D eigenvalue weighted by Crippen LogP contribution is -2.42. The van der Waals surface area contributed by atoms with Crippen molar-refractivity contribution in [2.75, 3.05) is 10.6 Å². The van der Waals surface area contributed by atoms with Crippen LogP contribution in [0.25, 0.3) is 11.2 Å². The van der Waals surface area contributed by atoms with Gasteiger partial charge in [0, 0.05) is 12.6 Å². The van der Waals surface area contributed by atoms with Crippen LogP contribution in [0.1, 0.15) is 56.9 Å². The molecule has 35 heavy (non-hydrogen) atoms. The topological polar surface area (TPSA) is 135 Å². The number of nitrogens with one attached hydrogen (secondary N) is 2. The largest absolute Gasteiger partial charge is 0.369 e. The van der Waals surface area contributed by atoms with E-state index in [4.69, 9.17) is 38.9 Å². The van der Waals surface area contributed by atoms with Crippen molar-refractivity contribution in [1.29, 1.82) is 5.26 Å². The van der Waals surface area contributed by atoms with Crippen molar-refractivity contribution in [2.45, 2.75) is 64.0 Å². The average molecular weight is 513 g/mol. The van der Waals surface area contributed by atoms with E-state index >= 15 is 0 Å². The second-order valence-corrected chi connectivity index (χ2v) is 10.3. The van der Waals surface area contributed by atoms with E-state index in [1.165, 1.54) is 18.6 Å². The van der Waals surface area contributed by atoms with Crippen molar-refractivity contribution >= 4 is 57.9 Å². The third kappa shape index (κ3) is 4.60. The Morgan fingerprint density at radius 1 is 1.17 bits per heavy atom. The maximum Gasteiger partial charge on any atom is 0.225 e. The zero-order chi connectivity index (χ0) is 24.6. The van der Waals surface area contributed by atoms with E-state index in [0.717, 1.165) is 32.1 Å². The van der Waals surface area contributed by atoms with Crippen LogP contribution in [0.5, 0.6) is 0 Å². The first-order valence-electron chi connectivity index (χ1n) is 11.8. The van der Waals surface area contributed by atoms with E-state index < -0.39 is 5.41 Å². The highest BCUT2D eigenvalue weighted by Crippen LogP contribution is 2.40. The maximum atomic E-state index is 12.7. The summed E-state index contributed by atoms with van der Waals surface area (Å²) in [5, 5.41) is 16.4. The van der Waals surface area contributed by atoms with E-state index in [1.807, 2.05) is 10.6 Å². The summed E-state index contributed by atoms with van der Waals surface area (Å²) in [6.45, 7) is 0.326. The number of anilines is 3. The number of hydrogen-bond acceptors (Lipinski definition) is 7. The van der Waals surface area contributed by atoms with Crippen molar-refractivity contribution in [1.82, 2.24) is 19.5 Å². The van der Waals surface area contributed by atoms with Gasteiger partial charge in [0.1, 0.15) is 5.52 Å². The van der Waals surface area contributed by atoms with Gasteiger partial charge in [-0.3, -0.25) is 9.36 Å². The Balaban J connectivity index is 1.59. The van der Waals surface area contributed by atoms with Gasteiger partial charge >= 0.3 is 0 Å². The summed E-state index contributed by atoms with van der Waals surface area (Å²) < 4.78 is 1.88. The molecule has 0 bridgehead atoms. The predicted molar refractivity (Wildman–Crippen MR) is 136 cm³/mol. The SMILES string of the molecule is N#Cc1cc(Cl)c(Nc2nc3cnc(NC4CCC4)nc3n2CC2(C(N)=O)CCCCC2)c(Cl)c1. The molecule has 1 amide bonds. The monoisotopic (exact) mass is 512 g/mol. The number of halogens is 2. The van der Waals surface area contributed by atoms with Crippen LogP contribution in [0.2, 0.25) is 10.0 Å². The number of carbonyl (C=O) groups excluding carboxylic acids is 1. The third-order valence-corrected chi connectivity index (χ3v) is 7.72. The highest BCUT2D eigenvalue weighted by molar-refractivity contribution is 6.39. The van der Waals surface area contributed by atoms with Gasteiger partial charge in [0.25, 0.3) is 0 Å². The summed E-state index contributed by atoms with van der Waals surface area (Å²) in [7, 11) is 0. The number of imidazole rings is 1. The molecule has 4 N–H and O–H groups in total. The summed E-state index contributed by atoms with van der Waals surface area (Å²) in [6.07, 6.45) is 9.42. The molecule has 11 heteroatoms. The molecule has 2 fully saturated rings. The van der Waals surface area contributed by atoms with Crippen LogP contribution in [0.4, 0.5) is 17.6 Å². The van der Waals surface area contributed by atoms with Crippen molar-refractivity contribution in [2.24, 2.45) is 11.1 Å². The molecule has 2 aliphatic carbocycles. The van der Waals surface area contributed by atoms with Gasteiger partial charge in [0.2, 0.25) is 17.8 Å². The van der Waals surface area contributed by atoms with Gasteiger partial charge in [0.05, 0.1) is 39.0 Å². The van der Waals surface area contributed by atoms with Crippen LogP contribution in [0.3, 0.4) is 0 Å². The fourth-order valence-electron chi connectivity index (χ4n) is 4.85. The molecule has 0 unspecified atom stereocenters. The van der Waals surface area contributed by atoms with Gasteiger partial charge in [0.15, 0.2) is 5.65 Å². The Morgan fingerprint density at radius 2 is 1.89 bits per heavy atom. The summed E-state index contributed by atoms with van der Waals surface area (Å²) >= 11 is 12.9. The number of carbonyl (C=O) groups is 1. The first-order chi connectivity index (χ1) is 16.9. The number of amides is 1. The second kappa shape index (κ2) is 9.51. The van der Waals surface area contributed by atoms with E-state index in [-0.39, 0.29) is 16.0 Å². The van der Waals surface area contributed by atoms with E-state index in [0.29, 0.717) is 59.7 Å². The smallest absolute Gasteiger partial charge is 0.225 e. The number of rotatable bonds is 7. The van der Waals surface area contributed by atoms with E-state index in [1.54, 1.807) is 6.20 Å². The van der Waals surface area contributed by atoms with Gasteiger partial charge < -0.3 is 16.4 Å². The average Bonchev–Trinajstić information content (AvgIpc) is 3.15. The third-order valence-electron chi connectivity index (χ3n) is 7.13. The normalized spacial score (nSPS) is 17.5. The summed E-state index contributed by atoms with van der Waals surface area (Å²) in [6, 6.07) is 5.48. The first-order valence-corrected chi connectivity index (χ1v) is 12.6. The number of hydrogen-bond donors (Lipinski definition) is 3. The molecule has 1 aromatic carbocycles. The van der Waals surface area contributed by atoms with Crippen LogP contribution >= 0.6 is 23.2 Å². The molecule has 2 aromatic heterocycles. The first kappa shape index (κ1) is 23.6. The number of benzene rings is 1. The van der Waals surface area contributed by atoms with Crippen LogP contribution < -0.4 is 16.4 Å². The van der Waals surface area contributed by atoms with E-state index in [9.17, 15) is 10.1 Å². The standard InChI is InChI=1S/C24H26Cl2N8O/c25-16-9-14(11-27)10-17(26)19(16)32-23-31-18-12-29-22(30-15-5-4-6-15)33-20(18)34(23)13-24(21(28)35)7-2-1-3-8-24/h9-10,12,15H,1-8,13H2,(H2,28,35)(H,31,32)(H,29,30,33). The molecule has 3 aromatic rings. The lowest BCUT2D eigenvalue weighted by Gasteiger charge is -2.35. The molecule has 5 rings (SSSR count). The van der Waals surface area contributed by atoms with Crippen molar-refractivity contribution < 1.29 is 4.79 Å². The fraction of sp³-hybridized carbons (Fsp3) is 0.458. The van der Waals surface area contributed by atoms with Gasteiger partial charge in [-0.05, 0) is 44.2 Å². The summed E-state index contributed by atoms with van der Waals surface area (Å²) in [5.74, 6) is 0.636. The van der Waals surface area contributed by atoms with Gasteiger partial charge in [-0.15, -0.1) is 0 Å². The number of nitrogens with two attached hydrogens (primary N) is 1. The van der Waals surface area contributed by atoms with Crippen molar-refractivity contribution in [3.63, 3.8) is 0 Å². The lowest BCUT2D eigenvalue weighted by atomic mass is 9.73. The number of nitrogens with zero attached hydrogens (tertiary/aromatic N) is 5. The maximum absolute atomic E-state index is 12.7. The van der Waals surface area contributed by atoms with Gasteiger partial charge in [-0.1, -0.05) is 42.5 Å². The van der Waals surface area contributed by atoms with Gasteiger partial charge in [-0.25, -0.2) is 9.97 Å². The van der Waals surface area contributed by atoms with Crippen molar-refractivity contribution in [3.8, 4) is 6.07 Å². The Labute approximate surface area is 213 Å². The van der Waals surface area contributed by atoms with E-state index in [2.05, 4.69) is 15.6 Å². The van der Waals surface area contributed by atoms with Crippen LogP contribution in [0, 0.1) is 16.7 Å². The minimum Gasteiger partial charge on any atom is -0.369 e. The molecule has 0 spiro atoms. The zero-order valence-electron chi connectivity index (χ0n) is 19.2. The number of fused-ring (bicyclic) bond motifs is 1. The highest BCUT2D eigenvalue weighted by atomic mass is 35.5. The Kier molecular flexibility index (Phi) is 6.43. The Morgan fingerprint density at radius 3 is 2.49 bits per heavy atom. The zero-order valence-corrected chi connectivity index (χ0v) is 20.7. The fourth-order valence-corrected chi connectivity index (χ4v) is 5.43. The lowest BCUT2D eigenvalue weighted by molar-refractivity contribution is -0.130. The van der Waals surface area contributed by atoms with Crippen LogP contribution in [0.15, 0.2) is 18.3 Å². The van der Waals surface area contributed by atoms with Crippen LogP contribution in [-0.4, -0.2) is 31.5 Å². The molecule has 0 radical (unpaired) electrons. The molecular weight excluding hydrogens is 487 g/mol. The molecule has 182 valence electrons. The molecule has 9 nitrogen and oxygen atoms in total. The summed E-state index contributed by atoms with van der Waals surface area (Å²) in [4.78, 5) is 26.6. The molecule has 0 aliphatic heterocycles. The quantitative estimate of drug-likeness (QED) is 0.398. The molecule has 0 atom stereocenters. The highest BCUT2D eigenvalue weighted by Gasteiger charge is 2.39. The molecule has 2 heterocycles. The number of aromatic nitrogens is 4.